The molecule has 3 aromatic carbocycles. The van der Waals surface area contributed by atoms with Crippen molar-refractivity contribution in [1.29, 1.82) is 0 Å². The molecule has 0 unspecified atom stereocenters. The Kier molecular flexibility index (Phi) is 8.38. The highest BCUT2D eigenvalue weighted by Crippen LogP contribution is 2.43. The largest absolute Gasteiger partial charge is 0.497 e. The number of hydrogen-bond donors (Lipinski definition) is 1. The van der Waals surface area contributed by atoms with Crippen LogP contribution in [0, 0.1) is 0 Å². The molecule has 1 aliphatic rings. The van der Waals surface area contributed by atoms with Gasteiger partial charge in [0.25, 0.3) is 0 Å². The fourth-order valence-electron chi connectivity index (χ4n) is 4.61. The van der Waals surface area contributed by atoms with E-state index in [4.69, 9.17) is 23.7 Å². The summed E-state index contributed by atoms with van der Waals surface area (Å²) in [5.74, 6) is 1.55. The zero-order chi connectivity index (χ0) is 27.2. The summed E-state index contributed by atoms with van der Waals surface area (Å²) in [5.41, 5.74) is 3.04. The number of rotatable bonds is 10. The van der Waals surface area contributed by atoms with Crippen molar-refractivity contribution in [3.8, 4) is 23.0 Å². The SMILES string of the molecule is COC(=O)[C@H]1c2cc(OC)c(OC)cc2[C@H](NCc2ccc(OC)cc2)C(=O)N1Cc1ccc(OC)cc1. The number of methoxy groups -OCH3 is 5. The summed E-state index contributed by atoms with van der Waals surface area (Å²) in [6.07, 6.45) is 0. The van der Waals surface area contributed by atoms with Crippen LogP contribution in [0.1, 0.15) is 34.3 Å². The number of carbonyl (C=O) groups is 2. The second-order valence-electron chi connectivity index (χ2n) is 8.74. The molecule has 0 radical (unpaired) electrons. The van der Waals surface area contributed by atoms with E-state index >= 15 is 0 Å². The second-order valence-corrected chi connectivity index (χ2v) is 8.74. The number of ether oxygens (including phenoxy) is 5. The van der Waals surface area contributed by atoms with Crippen LogP contribution in [-0.4, -0.2) is 52.3 Å². The van der Waals surface area contributed by atoms with E-state index in [-0.39, 0.29) is 12.5 Å². The van der Waals surface area contributed by atoms with Crippen molar-refractivity contribution >= 4 is 11.9 Å². The molecule has 0 spiro atoms. The predicted octanol–water partition coefficient (Wildman–Crippen LogP) is 3.81. The molecule has 9 nitrogen and oxygen atoms in total. The van der Waals surface area contributed by atoms with Gasteiger partial charge < -0.3 is 28.6 Å². The molecule has 1 heterocycles. The zero-order valence-electron chi connectivity index (χ0n) is 22.1. The molecule has 1 aliphatic heterocycles. The Labute approximate surface area is 222 Å². The lowest BCUT2D eigenvalue weighted by atomic mass is 9.87. The van der Waals surface area contributed by atoms with Crippen molar-refractivity contribution in [2.45, 2.75) is 25.2 Å². The molecule has 1 N–H and O–H groups in total. The topological polar surface area (TPSA) is 95.6 Å². The van der Waals surface area contributed by atoms with Gasteiger partial charge in [-0.25, -0.2) is 4.79 Å². The number of nitrogens with zero attached hydrogens (tertiary/aromatic N) is 1. The summed E-state index contributed by atoms with van der Waals surface area (Å²) in [5, 5.41) is 3.38. The lowest BCUT2D eigenvalue weighted by molar-refractivity contribution is -0.156. The lowest BCUT2D eigenvalue weighted by Crippen LogP contribution is -2.49. The van der Waals surface area contributed by atoms with Gasteiger partial charge in [0.15, 0.2) is 17.5 Å². The van der Waals surface area contributed by atoms with Crippen LogP contribution in [0.3, 0.4) is 0 Å². The molecule has 2 atom stereocenters. The Morgan fingerprint density at radius 3 is 1.79 bits per heavy atom. The molecule has 38 heavy (non-hydrogen) atoms. The van der Waals surface area contributed by atoms with E-state index < -0.39 is 18.1 Å². The lowest BCUT2D eigenvalue weighted by Gasteiger charge is -2.40. The quantitative estimate of drug-likeness (QED) is 0.404. The average Bonchev–Trinajstić information content (AvgIpc) is 2.96. The molecule has 0 aliphatic carbocycles. The van der Waals surface area contributed by atoms with Crippen LogP contribution in [0.4, 0.5) is 0 Å². The van der Waals surface area contributed by atoms with E-state index in [0.29, 0.717) is 34.9 Å². The maximum atomic E-state index is 14.1. The minimum atomic E-state index is -0.969. The maximum Gasteiger partial charge on any atom is 0.333 e. The molecule has 3 aromatic rings. The number of hydrogen-bond acceptors (Lipinski definition) is 8. The van der Waals surface area contributed by atoms with Crippen molar-refractivity contribution in [1.82, 2.24) is 10.2 Å². The van der Waals surface area contributed by atoms with Gasteiger partial charge in [-0.05, 0) is 58.7 Å². The van der Waals surface area contributed by atoms with Crippen LogP contribution in [0.15, 0.2) is 60.7 Å². The van der Waals surface area contributed by atoms with E-state index in [9.17, 15) is 9.59 Å². The number of benzene rings is 3. The molecule has 9 heteroatoms. The summed E-state index contributed by atoms with van der Waals surface area (Å²) in [6, 6.07) is 16.7. The summed E-state index contributed by atoms with van der Waals surface area (Å²) < 4.78 is 26.7. The first-order valence-electron chi connectivity index (χ1n) is 12.1. The van der Waals surface area contributed by atoms with Crippen molar-refractivity contribution in [3.63, 3.8) is 0 Å². The van der Waals surface area contributed by atoms with Crippen molar-refractivity contribution in [2.24, 2.45) is 0 Å². The van der Waals surface area contributed by atoms with Crippen LogP contribution < -0.4 is 24.3 Å². The second kappa shape index (κ2) is 11.9. The Morgan fingerprint density at radius 1 is 0.763 bits per heavy atom. The highest BCUT2D eigenvalue weighted by molar-refractivity contribution is 5.93. The van der Waals surface area contributed by atoms with Gasteiger partial charge in [-0.3, -0.25) is 10.1 Å². The third-order valence-electron chi connectivity index (χ3n) is 6.64. The van der Waals surface area contributed by atoms with Crippen molar-refractivity contribution in [2.75, 3.05) is 35.5 Å². The van der Waals surface area contributed by atoms with E-state index in [1.54, 1.807) is 26.4 Å². The Bertz CT molecular complexity index is 1280. The van der Waals surface area contributed by atoms with E-state index in [1.165, 1.54) is 26.2 Å². The molecule has 1 amide bonds. The van der Waals surface area contributed by atoms with E-state index in [1.807, 2.05) is 48.5 Å². The summed E-state index contributed by atoms with van der Waals surface area (Å²) in [4.78, 5) is 28.7. The number of nitrogens with one attached hydrogen (secondary N) is 1. The zero-order valence-corrected chi connectivity index (χ0v) is 22.1. The fraction of sp³-hybridized carbons (Fsp3) is 0.310. The van der Waals surface area contributed by atoms with Gasteiger partial charge in [0.05, 0.1) is 35.5 Å². The first-order chi connectivity index (χ1) is 18.4. The minimum absolute atomic E-state index is 0.192. The highest BCUT2D eigenvalue weighted by Gasteiger charge is 2.44. The minimum Gasteiger partial charge on any atom is -0.497 e. The number of carbonyl (C=O) groups excluding carboxylic acids is 2. The third kappa shape index (κ3) is 5.38. The molecule has 0 saturated carbocycles. The fourth-order valence-corrected chi connectivity index (χ4v) is 4.61. The molecule has 200 valence electrons. The van der Waals surface area contributed by atoms with Gasteiger partial charge in [-0.15, -0.1) is 0 Å². The monoisotopic (exact) mass is 520 g/mol. The van der Waals surface area contributed by atoms with Gasteiger partial charge in [-0.2, -0.15) is 0 Å². The first kappa shape index (κ1) is 26.8. The highest BCUT2D eigenvalue weighted by atomic mass is 16.5. The van der Waals surface area contributed by atoms with Crippen LogP contribution in [-0.2, 0) is 27.4 Å². The van der Waals surface area contributed by atoms with Gasteiger partial charge in [0.1, 0.15) is 17.5 Å². The van der Waals surface area contributed by atoms with Gasteiger partial charge in [0, 0.05) is 13.1 Å². The standard InChI is InChI=1S/C29H32N2O7/c1-34-20-10-6-18(7-11-20)16-30-26-22-14-24(36-3)25(37-4)15-23(22)27(29(33)38-5)31(28(26)32)17-19-8-12-21(35-2)13-9-19/h6-15,26-27,30H,16-17H2,1-5H3/t26-,27+/m0/s1. The first-order valence-corrected chi connectivity index (χ1v) is 12.1. The molecule has 0 fully saturated rings. The van der Waals surface area contributed by atoms with Crippen LogP contribution in [0.25, 0.3) is 0 Å². The van der Waals surface area contributed by atoms with Crippen LogP contribution in [0.2, 0.25) is 0 Å². The molecule has 0 saturated heterocycles. The maximum absolute atomic E-state index is 14.1. The molecule has 0 aromatic heterocycles. The molecule has 0 bridgehead atoms. The third-order valence-corrected chi connectivity index (χ3v) is 6.64. The number of amides is 1. The molecular weight excluding hydrogens is 488 g/mol. The molecular formula is C29H32N2O7. The number of fused-ring (bicyclic) bond motifs is 1. The summed E-state index contributed by atoms with van der Waals surface area (Å²) in [7, 11) is 7.57. The molecule has 4 rings (SSSR count). The van der Waals surface area contributed by atoms with Crippen molar-refractivity contribution in [3.05, 3.63) is 82.9 Å². The Balaban J connectivity index is 1.77. The number of esters is 1. The summed E-state index contributed by atoms with van der Waals surface area (Å²) >= 11 is 0. The van der Waals surface area contributed by atoms with Gasteiger partial charge in [0.2, 0.25) is 5.91 Å². The smallest absolute Gasteiger partial charge is 0.333 e. The Hall–Kier alpha value is -4.24. The van der Waals surface area contributed by atoms with Crippen molar-refractivity contribution < 1.29 is 33.3 Å². The van der Waals surface area contributed by atoms with E-state index in [2.05, 4.69) is 5.32 Å². The van der Waals surface area contributed by atoms with Crippen LogP contribution in [0.5, 0.6) is 23.0 Å². The summed E-state index contributed by atoms with van der Waals surface area (Å²) in [6.45, 7) is 0.602. The predicted molar refractivity (Wildman–Crippen MR) is 140 cm³/mol. The van der Waals surface area contributed by atoms with Gasteiger partial charge >= 0.3 is 5.97 Å². The van der Waals surface area contributed by atoms with Gasteiger partial charge in [-0.1, -0.05) is 24.3 Å². The average molecular weight is 521 g/mol. The Morgan fingerprint density at radius 2 is 1.29 bits per heavy atom. The normalized spacial score (nSPS) is 16.4. The van der Waals surface area contributed by atoms with E-state index in [0.717, 1.165) is 16.9 Å². The van der Waals surface area contributed by atoms with Crippen LogP contribution >= 0.6 is 0 Å².